The van der Waals surface area contributed by atoms with Gasteiger partial charge in [0.05, 0.1) is 6.20 Å². The van der Waals surface area contributed by atoms with Gasteiger partial charge in [0.2, 0.25) is 10.8 Å². The fourth-order valence-electron chi connectivity index (χ4n) is 3.18. The predicted molar refractivity (Wildman–Crippen MR) is 109 cm³/mol. The highest BCUT2D eigenvalue weighted by Crippen LogP contribution is 2.32. The van der Waals surface area contributed by atoms with Crippen molar-refractivity contribution in [1.29, 1.82) is 0 Å². The fourth-order valence-corrected chi connectivity index (χ4v) is 4.09. The van der Waals surface area contributed by atoms with Gasteiger partial charge in [-0.1, -0.05) is 60.7 Å². The smallest absolute Gasteiger partial charge is 0.235 e. The Bertz CT molecular complexity index is 1280. The van der Waals surface area contributed by atoms with E-state index < -0.39 is 0 Å². The minimum absolute atomic E-state index is 0.0873. The van der Waals surface area contributed by atoms with E-state index in [4.69, 9.17) is 0 Å². The van der Waals surface area contributed by atoms with Gasteiger partial charge in [-0.2, -0.15) is 9.61 Å². The largest absolute Gasteiger partial charge is 0.261 e. The number of nitrogens with zero attached hydrogens (tertiary/aromatic N) is 6. The topological polar surface area (TPSA) is 68.9 Å². The van der Waals surface area contributed by atoms with Crippen molar-refractivity contribution < 1.29 is 4.39 Å². The zero-order valence-electron chi connectivity index (χ0n) is 15.4. The first-order valence-corrected chi connectivity index (χ1v) is 9.86. The van der Waals surface area contributed by atoms with Crippen molar-refractivity contribution in [3.63, 3.8) is 0 Å². The van der Waals surface area contributed by atoms with Gasteiger partial charge in [0.1, 0.15) is 16.5 Å². The van der Waals surface area contributed by atoms with Gasteiger partial charge in [-0.3, -0.25) is 4.98 Å². The number of hydrogen-bond donors (Lipinski definition) is 0. The molecule has 0 spiro atoms. The molecule has 0 aliphatic heterocycles. The zero-order valence-corrected chi connectivity index (χ0v) is 16.2. The van der Waals surface area contributed by atoms with Gasteiger partial charge in [0.25, 0.3) is 0 Å². The van der Waals surface area contributed by atoms with E-state index in [9.17, 15) is 4.39 Å². The molecule has 0 N–H and O–H groups in total. The maximum absolute atomic E-state index is 14.8. The van der Waals surface area contributed by atoms with Crippen LogP contribution in [0.4, 0.5) is 4.39 Å². The lowest BCUT2D eigenvalue weighted by molar-refractivity contribution is 0.627. The van der Waals surface area contributed by atoms with Crippen LogP contribution in [-0.4, -0.2) is 29.8 Å². The van der Waals surface area contributed by atoms with Crippen molar-refractivity contribution in [2.75, 3.05) is 0 Å². The minimum Gasteiger partial charge on any atom is -0.261 e. The molecule has 0 aliphatic rings. The second-order valence-corrected chi connectivity index (χ2v) is 7.56. The van der Waals surface area contributed by atoms with Crippen LogP contribution in [0.15, 0.2) is 67.1 Å². The average Bonchev–Trinajstić information content (AvgIpc) is 3.35. The molecular weight excluding hydrogens is 387 g/mol. The standard InChI is InChI=1S/C21H15FN6S/c1-13(15-7-8-16(17(22)11-15)14-5-3-2-4-6-14)20-27-28-19(25-26-21(28)29-20)18-12-23-9-10-24-18/h2-13H,1H3/t13-/m0/s1. The van der Waals surface area contributed by atoms with Crippen LogP contribution in [0.2, 0.25) is 0 Å². The Morgan fingerprint density at radius 1 is 1.03 bits per heavy atom. The van der Waals surface area contributed by atoms with Crippen molar-refractivity contribution in [2.24, 2.45) is 0 Å². The first-order chi connectivity index (χ1) is 14.2. The second-order valence-electron chi connectivity index (χ2n) is 6.58. The van der Waals surface area contributed by atoms with E-state index in [1.165, 1.54) is 11.3 Å². The first-order valence-electron chi connectivity index (χ1n) is 9.04. The Labute approximate surface area is 169 Å². The molecule has 3 heterocycles. The van der Waals surface area contributed by atoms with Gasteiger partial charge >= 0.3 is 0 Å². The molecule has 5 aromatic rings. The van der Waals surface area contributed by atoms with E-state index in [2.05, 4.69) is 25.3 Å². The molecule has 29 heavy (non-hydrogen) atoms. The molecule has 0 saturated carbocycles. The van der Waals surface area contributed by atoms with Gasteiger partial charge in [-0.25, -0.2) is 9.37 Å². The lowest BCUT2D eigenvalue weighted by Gasteiger charge is -2.11. The highest BCUT2D eigenvalue weighted by Gasteiger charge is 2.20. The van der Waals surface area contributed by atoms with Crippen molar-refractivity contribution in [2.45, 2.75) is 12.8 Å². The van der Waals surface area contributed by atoms with Crippen LogP contribution >= 0.6 is 11.3 Å². The van der Waals surface area contributed by atoms with E-state index in [-0.39, 0.29) is 11.7 Å². The third kappa shape index (κ3) is 3.17. The molecule has 0 aliphatic carbocycles. The molecule has 0 bridgehead atoms. The fraction of sp³-hybridized carbons (Fsp3) is 0.0952. The number of hydrogen-bond acceptors (Lipinski definition) is 6. The highest BCUT2D eigenvalue weighted by molar-refractivity contribution is 7.16. The average molecular weight is 402 g/mol. The summed E-state index contributed by atoms with van der Waals surface area (Å²) in [4.78, 5) is 8.99. The third-order valence-corrected chi connectivity index (χ3v) is 5.83. The Balaban J connectivity index is 1.49. The summed E-state index contributed by atoms with van der Waals surface area (Å²) < 4.78 is 16.4. The predicted octanol–water partition coefficient (Wildman–Crippen LogP) is 4.60. The van der Waals surface area contributed by atoms with Crippen LogP contribution in [0.25, 0.3) is 27.6 Å². The van der Waals surface area contributed by atoms with Gasteiger partial charge in [0, 0.05) is 23.9 Å². The van der Waals surface area contributed by atoms with E-state index in [1.54, 1.807) is 29.2 Å². The summed E-state index contributed by atoms with van der Waals surface area (Å²) in [6.45, 7) is 2.00. The summed E-state index contributed by atoms with van der Waals surface area (Å²) in [6.07, 6.45) is 4.82. The van der Waals surface area contributed by atoms with Crippen LogP contribution in [0.1, 0.15) is 23.4 Å². The molecule has 3 aromatic heterocycles. The number of rotatable bonds is 4. The maximum Gasteiger partial charge on any atom is 0.235 e. The Kier molecular flexibility index (Phi) is 4.33. The molecule has 0 radical (unpaired) electrons. The molecule has 0 fully saturated rings. The number of halogens is 1. The van der Waals surface area contributed by atoms with Gasteiger partial charge in [-0.05, 0) is 17.2 Å². The van der Waals surface area contributed by atoms with E-state index in [0.29, 0.717) is 22.0 Å². The van der Waals surface area contributed by atoms with E-state index in [0.717, 1.165) is 16.1 Å². The van der Waals surface area contributed by atoms with Crippen LogP contribution in [0.3, 0.4) is 0 Å². The summed E-state index contributed by atoms with van der Waals surface area (Å²) in [5.41, 5.74) is 2.90. The number of benzene rings is 2. The molecule has 142 valence electrons. The van der Waals surface area contributed by atoms with Crippen LogP contribution in [0.5, 0.6) is 0 Å². The van der Waals surface area contributed by atoms with Crippen LogP contribution < -0.4 is 0 Å². The summed E-state index contributed by atoms with van der Waals surface area (Å²) in [5.74, 6) is 0.202. The highest BCUT2D eigenvalue weighted by atomic mass is 32.1. The normalized spacial score (nSPS) is 12.3. The Morgan fingerprint density at radius 3 is 2.66 bits per heavy atom. The summed E-state index contributed by atoms with van der Waals surface area (Å²) >= 11 is 1.43. The molecule has 2 aromatic carbocycles. The lowest BCUT2D eigenvalue weighted by atomic mass is 9.97. The summed E-state index contributed by atoms with van der Waals surface area (Å²) in [6, 6.07) is 14.9. The molecule has 5 rings (SSSR count). The summed E-state index contributed by atoms with van der Waals surface area (Å²) in [5, 5.41) is 13.8. The van der Waals surface area contributed by atoms with E-state index >= 15 is 0 Å². The first kappa shape index (κ1) is 17.6. The second kappa shape index (κ2) is 7.14. The van der Waals surface area contributed by atoms with Crippen LogP contribution in [0, 0.1) is 5.82 Å². The Morgan fingerprint density at radius 2 is 1.90 bits per heavy atom. The van der Waals surface area contributed by atoms with Gasteiger partial charge < -0.3 is 0 Å². The molecule has 0 saturated heterocycles. The molecule has 1 atom stereocenters. The molecule has 8 heteroatoms. The van der Waals surface area contributed by atoms with E-state index in [1.807, 2.05) is 49.4 Å². The van der Waals surface area contributed by atoms with Crippen molar-refractivity contribution in [3.05, 3.63) is 83.5 Å². The van der Waals surface area contributed by atoms with Crippen LogP contribution in [-0.2, 0) is 0 Å². The molecule has 6 nitrogen and oxygen atoms in total. The quantitative estimate of drug-likeness (QED) is 0.439. The SMILES string of the molecule is C[C@@H](c1ccc(-c2ccccc2)c(F)c1)c1nn2c(-c3cnccn3)nnc2s1. The third-order valence-electron chi connectivity index (χ3n) is 4.75. The lowest BCUT2D eigenvalue weighted by Crippen LogP contribution is -2.00. The molecular formula is C21H15FN6S. The number of fused-ring (bicyclic) bond motifs is 1. The Hall–Kier alpha value is -3.52. The molecule has 0 unspecified atom stereocenters. The monoisotopic (exact) mass is 402 g/mol. The van der Waals surface area contributed by atoms with Crippen molar-refractivity contribution >= 4 is 16.3 Å². The number of aromatic nitrogens is 6. The molecule has 0 amide bonds. The minimum atomic E-state index is -0.246. The van der Waals surface area contributed by atoms with Gasteiger partial charge in [0.15, 0.2) is 0 Å². The summed E-state index contributed by atoms with van der Waals surface area (Å²) in [7, 11) is 0. The van der Waals surface area contributed by atoms with Gasteiger partial charge in [-0.15, -0.1) is 10.2 Å². The van der Waals surface area contributed by atoms with Crippen molar-refractivity contribution in [1.82, 2.24) is 29.8 Å². The van der Waals surface area contributed by atoms with Crippen molar-refractivity contribution in [3.8, 4) is 22.6 Å². The zero-order chi connectivity index (χ0) is 19.8. The maximum atomic E-state index is 14.8.